The predicted octanol–water partition coefficient (Wildman–Crippen LogP) is 1.85. The molecule has 6 nitrogen and oxygen atoms in total. The van der Waals surface area contributed by atoms with Crippen LogP contribution in [0.4, 0.5) is 5.69 Å². The van der Waals surface area contributed by atoms with Crippen molar-refractivity contribution in [3.63, 3.8) is 0 Å². The highest BCUT2D eigenvalue weighted by atomic mass is 16.5. The molecule has 1 unspecified atom stereocenters. The molecule has 6 heteroatoms. The molecule has 2 fully saturated rings. The Morgan fingerprint density at radius 1 is 1.19 bits per heavy atom. The largest absolute Gasteiger partial charge is 0.495 e. The molecule has 0 aromatic heterocycles. The van der Waals surface area contributed by atoms with E-state index in [4.69, 9.17) is 4.74 Å². The monoisotopic (exact) mass is 359 g/mol. The van der Waals surface area contributed by atoms with Crippen molar-refractivity contribution in [1.82, 2.24) is 9.80 Å². The number of benzene rings is 1. The van der Waals surface area contributed by atoms with E-state index in [1.807, 2.05) is 28.0 Å². The third-order valence-electron chi connectivity index (χ3n) is 5.17. The molecular weight excluding hydrogens is 330 g/mol. The van der Waals surface area contributed by atoms with Crippen molar-refractivity contribution in [2.75, 3.05) is 51.3 Å². The van der Waals surface area contributed by atoms with E-state index in [9.17, 15) is 9.59 Å². The second kappa shape index (κ2) is 7.98. The maximum atomic E-state index is 12.8. The Morgan fingerprint density at radius 3 is 2.54 bits per heavy atom. The van der Waals surface area contributed by atoms with Crippen molar-refractivity contribution in [3.05, 3.63) is 24.3 Å². The molecule has 2 amide bonds. The maximum Gasteiger partial charge on any atom is 0.228 e. The SMILES string of the molecule is COc1ccccc1N1CCN(C(=O)C2CC(=O)N(CC(C)C)C2)CC1. The quantitative estimate of drug-likeness (QED) is 0.805. The van der Waals surface area contributed by atoms with Crippen LogP contribution in [0.25, 0.3) is 0 Å². The highest BCUT2D eigenvalue weighted by Gasteiger charge is 2.37. The van der Waals surface area contributed by atoms with Crippen LogP contribution in [0.5, 0.6) is 5.75 Å². The van der Waals surface area contributed by atoms with Crippen molar-refractivity contribution in [2.45, 2.75) is 20.3 Å². The van der Waals surface area contributed by atoms with Gasteiger partial charge in [-0.15, -0.1) is 0 Å². The van der Waals surface area contributed by atoms with Crippen LogP contribution in [0.1, 0.15) is 20.3 Å². The summed E-state index contributed by atoms with van der Waals surface area (Å²) in [5.41, 5.74) is 1.07. The lowest BCUT2D eigenvalue weighted by atomic mass is 10.1. The third-order valence-corrected chi connectivity index (χ3v) is 5.17. The van der Waals surface area contributed by atoms with Gasteiger partial charge in [0.1, 0.15) is 5.75 Å². The first-order valence-electron chi connectivity index (χ1n) is 9.44. The Morgan fingerprint density at radius 2 is 1.88 bits per heavy atom. The van der Waals surface area contributed by atoms with Crippen molar-refractivity contribution in [2.24, 2.45) is 11.8 Å². The van der Waals surface area contributed by atoms with Gasteiger partial charge < -0.3 is 19.4 Å². The molecule has 0 N–H and O–H groups in total. The van der Waals surface area contributed by atoms with E-state index in [1.54, 1.807) is 7.11 Å². The third kappa shape index (κ3) is 3.94. The Kier molecular flexibility index (Phi) is 5.69. The second-order valence-electron chi connectivity index (χ2n) is 7.58. The number of anilines is 1. The number of hydrogen-bond acceptors (Lipinski definition) is 4. The number of carbonyl (C=O) groups is 2. The molecule has 142 valence electrons. The highest BCUT2D eigenvalue weighted by Crippen LogP contribution is 2.29. The number of hydrogen-bond donors (Lipinski definition) is 0. The molecule has 3 rings (SSSR count). The van der Waals surface area contributed by atoms with E-state index in [-0.39, 0.29) is 17.7 Å². The number of ether oxygens (including phenoxy) is 1. The van der Waals surface area contributed by atoms with Gasteiger partial charge in [-0.2, -0.15) is 0 Å². The normalized spacial score (nSPS) is 20.8. The van der Waals surface area contributed by atoms with Crippen molar-refractivity contribution in [1.29, 1.82) is 0 Å². The average molecular weight is 359 g/mol. The van der Waals surface area contributed by atoms with Gasteiger partial charge in [0.05, 0.1) is 18.7 Å². The van der Waals surface area contributed by atoms with E-state index < -0.39 is 0 Å². The summed E-state index contributed by atoms with van der Waals surface area (Å²) in [5, 5.41) is 0. The summed E-state index contributed by atoms with van der Waals surface area (Å²) in [6.45, 7) is 8.44. The fraction of sp³-hybridized carbons (Fsp3) is 0.600. The highest BCUT2D eigenvalue weighted by molar-refractivity contribution is 5.89. The average Bonchev–Trinajstić information content (AvgIpc) is 3.01. The number of para-hydroxylation sites is 2. The molecule has 0 aliphatic carbocycles. The van der Waals surface area contributed by atoms with Gasteiger partial charge in [0.25, 0.3) is 0 Å². The van der Waals surface area contributed by atoms with Crippen LogP contribution in [0.15, 0.2) is 24.3 Å². The van der Waals surface area contributed by atoms with Gasteiger partial charge in [-0.3, -0.25) is 9.59 Å². The lowest BCUT2D eigenvalue weighted by Gasteiger charge is -2.37. The number of likely N-dealkylation sites (tertiary alicyclic amines) is 1. The molecule has 1 aromatic rings. The van der Waals surface area contributed by atoms with Gasteiger partial charge >= 0.3 is 0 Å². The Balaban J connectivity index is 1.56. The minimum atomic E-state index is -0.181. The Bertz CT molecular complexity index is 653. The molecule has 0 radical (unpaired) electrons. The number of rotatable bonds is 5. The van der Waals surface area contributed by atoms with E-state index in [0.717, 1.165) is 31.1 Å². The summed E-state index contributed by atoms with van der Waals surface area (Å²) in [6.07, 6.45) is 0.359. The molecule has 1 aromatic carbocycles. The summed E-state index contributed by atoms with van der Waals surface area (Å²) in [5.74, 6) is 1.35. The zero-order valence-corrected chi connectivity index (χ0v) is 16.0. The smallest absolute Gasteiger partial charge is 0.228 e. The van der Waals surface area contributed by atoms with Gasteiger partial charge in [0.2, 0.25) is 11.8 Å². The van der Waals surface area contributed by atoms with Crippen LogP contribution in [0, 0.1) is 11.8 Å². The summed E-state index contributed by atoms with van der Waals surface area (Å²) in [6, 6.07) is 7.97. The molecule has 2 aliphatic rings. The van der Waals surface area contributed by atoms with Gasteiger partial charge in [0.15, 0.2) is 0 Å². The van der Waals surface area contributed by atoms with Crippen LogP contribution in [-0.2, 0) is 9.59 Å². The number of amides is 2. The van der Waals surface area contributed by atoms with Gasteiger partial charge in [0, 0.05) is 45.7 Å². The van der Waals surface area contributed by atoms with Crippen LogP contribution >= 0.6 is 0 Å². The Hall–Kier alpha value is -2.24. The van der Waals surface area contributed by atoms with Crippen molar-refractivity contribution in [3.8, 4) is 5.75 Å². The van der Waals surface area contributed by atoms with Crippen LogP contribution in [0.3, 0.4) is 0 Å². The zero-order valence-electron chi connectivity index (χ0n) is 16.0. The molecule has 1 atom stereocenters. The first-order chi connectivity index (χ1) is 12.5. The second-order valence-corrected chi connectivity index (χ2v) is 7.58. The van der Waals surface area contributed by atoms with Crippen LogP contribution in [-0.4, -0.2) is 68.0 Å². The van der Waals surface area contributed by atoms with Crippen molar-refractivity contribution >= 4 is 17.5 Å². The van der Waals surface area contributed by atoms with E-state index in [2.05, 4.69) is 24.8 Å². The molecule has 2 saturated heterocycles. The first-order valence-corrected chi connectivity index (χ1v) is 9.44. The predicted molar refractivity (Wildman–Crippen MR) is 101 cm³/mol. The molecule has 0 spiro atoms. The fourth-order valence-corrected chi connectivity index (χ4v) is 3.87. The standard InChI is InChI=1S/C20H29N3O3/c1-15(2)13-23-14-16(12-19(23)24)20(25)22-10-8-21(9-11-22)17-6-4-5-7-18(17)26-3/h4-7,15-16H,8-14H2,1-3H3. The van der Waals surface area contributed by atoms with Crippen molar-refractivity contribution < 1.29 is 14.3 Å². The fourth-order valence-electron chi connectivity index (χ4n) is 3.87. The first kappa shape index (κ1) is 18.5. The zero-order chi connectivity index (χ0) is 18.7. The number of piperazine rings is 1. The van der Waals surface area contributed by atoms with Gasteiger partial charge in [-0.05, 0) is 18.1 Å². The van der Waals surface area contributed by atoms with Crippen LogP contribution < -0.4 is 9.64 Å². The topological polar surface area (TPSA) is 53.1 Å². The summed E-state index contributed by atoms with van der Waals surface area (Å²) >= 11 is 0. The number of nitrogens with zero attached hydrogens (tertiary/aromatic N) is 3. The summed E-state index contributed by atoms with van der Waals surface area (Å²) in [4.78, 5) is 31.0. The van der Waals surface area contributed by atoms with E-state index >= 15 is 0 Å². The molecule has 2 heterocycles. The van der Waals surface area contributed by atoms with E-state index in [1.165, 1.54) is 0 Å². The molecule has 26 heavy (non-hydrogen) atoms. The lowest BCUT2D eigenvalue weighted by Crippen LogP contribution is -2.50. The minimum absolute atomic E-state index is 0.115. The summed E-state index contributed by atoms with van der Waals surface area (Å²) in [7, 11) is 1.68. The Labute approximate surface area is 155 Å². The minimum Gasteiger partial charge on any atom is -0.495 e. The van der Waals surface area contributed by atoms with Gasteiger partial charge in [-0.1, -0.05) is 26.0 Å². The molecule has 0 saturated carbocycles. The number of carbonyl (C=O) groups excluding carboxylic acids is 2. The van der Waals surface area contributed by atoms with Crippen LogP contribution in [0.2, 0.25) is 0 Å². The molecular formula is C20H29N3O3. The summed E-state index contributed by atoms with van der Waals surface area (Å²) < 4.78 is 5.44. The number of methoxy groups -OCH3 is 1. The maximum absolute atomic E-state index is 12.8. The molecule has 2 aliphatic heterocycles. The molecule has 0 bridgehead atoms. The lowest BCUT2D eigenvalue weighted by molar-refractivity contribution is -0.136. The van der Waals surface area contributed by atoms with E-state index in [0.29, 0.717) is 32.0 Å². The van der Waals surface area contributed by atoms with Gasteiger partial charge in [-0.25, -0.2) is 0 Å².